The number of amides is 1. The zero-order valence-electron chi connectivity index (χ0n) is 13.8. The van der Waals surface area contributed by atoms with Crippen molar-refractivity contribution < 1.29 is 4.79 Å². The summed E-state index contributed by atoms with van der Waals surface area (Å²) in [6.45, 7) is 14.9. The maximum absolute atomic E-state index is 12.5. The third-order valence-electron chi connectivity index (χ3n) is 3.11. The predicted molar refractivity (Wildman–Crippen MR) is 82.7 cm³/mol. The Morgan fingerprint density at radius 3 is 2.30 bits per heavy atom. The number of carbonyl (C=O) groups is 1. The largest absolute Gasteiger partial charge is 0.395 e. The van der Waals surface area contributed by atoms with E-state index in [2.05, 4.69) is 31.2 Å². The Morgan fingerprint density at radius 2 is 1.85 bits per heavy atom. The van der Waals surface area contributed by atoms with Gasteiger partial charge in [-0.2, -0.15) is 5.10 Å². The molecule has 20 heavy (non-hydrogen) atoms. The van der Waals surface area contributed by atoms with Crippen LogP contribution in [0.5, 0.6) is 0 Å². The number of nitrogens with one attached hydrogen (secondary N) is 1. The fraction of sp³-hybridized carbons (Fsp3) is 0.733. The van der Waals surface area contributed by atoms with Crippen molar-refractivity contribution >= 4 is 11.6 Å². The van der Waals surface area contributed by atoms with Gasteiger partial charge in [0.15, 0.2) is 0 Å². The van der Waals surface area contributed by atoms with Crippen LogP contribution >= 0.6 is 0 Å². The summed E-state index contributed by atoms with van der Waals surface area (Å²) in [6.07, 6.45) is 0.880. The third kappa shape index (κ3) is 3.99. The molecule has 0 radical (unpaired) electrons. The number of carbonyl (C=O) groups excluding carboxylic acids is 1. The fourth-order valence-electron chi connectivity index (χ4n) is 2.80. The fourth-order valence-corrected chi connectivity index (χ4v) is 2.80. The van der Waals surface area contributed by atoms with E-state index in [0.29, 0.717) is 23.6 Å². The average molecular weight is 280 g/mol. The average Bonchev–Trinajstić information content (AvgIpc) is 2.50. The van der Waals surface area contributed by atoms with Crippen LogP contribution in [-0.4, -0.2) is 21.2 Å². The molecule has 1 rings (SSSR count). The highest BCUT2D eigenvalue weighted by Gasteiger charge is 2.29. The zero-order chi connectivity index (χ0) is 15.7. The number of nitrogens with zero attached hydrogens (tertiary/aromatic N) is 2. The molecule has 0 aromatic carbocycles. The molecule has 1 amide bonds. The maximum Gasteiger partial charge on any atom is 0.272 e. The van der Waals surface area contributed by atoms with Crippen LogP contribution in [0.25, 0.3) is 0 Å². The van der Waals surface area contributed by atoms with Gasteiger partial charge in [0, 0.05) is 12.1 Å². The lowest BCUT2D eigenvalue weighted by molar-refractivity contribution is 0.0881. The minimum Gasteiger partial charge on any atom is -0.395 e. The molecule has 0 atom stereocenters. The van der Waals surface area contributed by atoms with Gasteiger partial charge >= 0.3 is 0 Å². The number of hydrogen-bond donors (Lipinski definition) is 2. The topological polar surface area (TPSA) is 72.9 Å². The maximum atomic E-state index is 12.5. The number of nitrogen functional groups attached to an aromatic ring is 1. The van der Waals surface area contributed by atoms with Crippen LogP contribution < -0.4 is 11.1 Å². The second kappa shape index (κ2) is 5.46. The van der Waals surface area contributed by atoms with Crippen LogP contribution in [0, 0.1) is 12.3 Å². The lowest BCUT2D eigenvalue weighted by atomic mass is 9.82. The smallest absolute Gasteiger partial charge is 0.272 e. The molecule has 114 valence electrons. The summed E-state index contributed by atoms with van der Waals surface area (Å²) < 4.78 is 1.66. The molecular formula is C15H28N4O. The van der Waals surface area contributed by atoms with Gasteiger partial charge in [-0.15, -0.1) is 0 Å². The minimum atomic E-state index is -0.293. The number of rotatable bonds is 4. The van der Waals surface area contributed by atoms with E-state index in [0.717, 1.165) is 6.42 Å². The quantitative estimate of drug-likeness (QED) is 0.890. The highest BCUT2D eigenvalue weighted by atomic mass is 16.2. The van der Waals surface area contributed by atoms with Crippen molar-refractivity contribution in [3.05, 3.63) is 11.4 Å². The molecule has 0 fully saturated rings. The summed E-state index contributed by atoms with van der Waals surface area (Å²) in [5.41, 5.74) is 7.46. The lowest BCUT2D eigenvalue weighted by Gasteiger charge is -2.33. The first-order valence-corrected chi connectivity index (χ1v) is 7.12. The molecule has 1 aromatic rings. The van der Waals surface area contributed by atoms with Gasteiger partial charge in [0.25, 0.3) is 5.91 Å². The van der Waals surface area contributed by atoms with Crippen LogP contribution in [0.1, 0.15) is 64.1 Å². The van der Waals surface area contributed by atoms with Crippen LogP contribution in [-0.2, 0) is 6.54 Å². The van der Waals surface area contributed by atoms with Crippen molar-refractivity contribution in [3.8, 4) is 0 Å². The number of aryl methyl sites for hydroxylation is 2. The van der Waals surface area contributed by atoms with Crippen LogP contribution in [0.3, 0.4) is 0 Å². The number of anilines is 1. The van der Waals surface area contributed by atoms with Crippen molar-refractivity contribution in [1.82, 2.24) is 15.1 Å². The molecule has 5 heteroatoms. The molecular weight excluding hydrogens is 252 g/mol. The lowest BCUT2D eigenvalue weighted by Crippen LogP contribution is -2.46. The van der Waals surface area contributed by atoms with Gasteiger partial charge < -0.3 is 11.1 Å². The molecule has 0 bridgehead atoms. The summed E-state index contributed by atoms with van der Waals surface area (Å²) in [5, 5.41) is 7.36. The highest BCUT2D eigenvalue weighted by Crippen LogP contribution is 2.27. The molecule has 0 unspecified atom stereocenters. The standard InChI is InChI=1S/C15H28N4O/c1-8-19-12(11(16)10(2)18-19)13(20)17-15(6,7)9-14(3,4)5/h8-9,16H2,1-7H3,(H,17,20). The number of nitrogens with two attached hydrogens (primary N) is 1. The summed E-state index contributed by atoms with van der Waals surface area (Å²) in [7, 11) is 0. The van der Waals surface area contributed by atoms with E-state index < -0.39 is 0 Å². The van der Waals surface area contributed by atoms with Crippen molar-refractivity contribution in [2.45, 2.75) is 67.0 Å². The first-order valence-electron chi connectivity index (χ1n) is 7.12. The second-order valence-electron chi connectivity index (χ2n) is 7.24. The molecule has 0 aliphatic rings. The van der Waals surface area contributed by atoms with E-state index >= 15 is 0 Å². The molecule has 0 aliphatic heterocycles. The monoisotopic (exact) mass is 280 g/mol. The second-order valence-corrected chi connectivity index (χ2v) is 7.24. The number of aromatic nitrogens is 2. The minimum absolute atomic E-state index is 0.142. The Labute approximate surface area is 121 Å². The van der Waals surface area contributed by atoms with Gasteiger partial charge in [-0.1, -0.05) is 20.8 Å². The van der Waals surface area contributed by atoms with Gasteiger partial charge in [-0.25, -0.2) is 0 Å². The Kier molecular flexibility index (Phi) is 4.52. The Balaban J connectivity index is 2.97. The molecule has 0 saturated carbocycles. The van der Waals surface area contributed by atoms with Gasteiger partial charge in [-0.05, 0) is 39.5 Å². The van der Waals surface area contributed by atoms with Crippen molar-refractivity contribution in [3.63, 3.8) is 0 Å². The molecule has 1 heterocycles. The van der Waals surface area contributed by atoms with Crippen molar-refractivity contribution in [2.24, 2.45) is 5.41 Å². The third-order valence-corrected chi connectivity index (χ3v) is 3.11. The Hall–Kier alpha value is -1.52. The Bertz CT molecular complexity index is 495. The van der Waals surface area contributed by atoms with E-state index in [9.17, 15) is 4.79 Å². The van der Waals surface area contributed by atoms with Gasteiger partial charge in [0.05, 0.1) is 11.4 Å². The normalized spacial score (nSPS) is 12.6. The number of hydrogen-bond acceptors (Lipinski definition) is 3. The first kappa shape index (κ1) is 16.5. The first-order chi connectivity index (χ1) is 8.97. The van der Waals surface area contributed by atoms with Crippen molar-refractivity contribution in [1.29, 1.82) is 0 Å². The van der Waals surface area contributed by atoms with E-state index in [1.54, 1.807) is 4.68 Å². The van der Waals surface area contributed by atoms with Crippen molar-refractivity contribution in [2.75, 3.05) is 5.73 Å². The van der Waals surface area contributed by atoms with Crippen LogP contribution in [0.15, 0.2) is 0 Å². The zero-order valence-corrected chi connectivity index (χ0v) is 13.8. The Morgan fingerprint density at radius 1 is 1.30 bits per heavy atom. The van der Waals surface area contributed by atoms with Crippen LogP contribution in [0.2, 0.25) is 0 Å². The van der Waals surface area contributed by atoms with Gasteiger partial charge in [-0.3, -0.25) is 9.48 Å². The molecule has 0 spiro atoms. The SMILES string of the molecule is CCn1nc(C)c(N)c1C(=O)NC(C)(C)CC(C)(C)C. The molecule has 1 aromatic heterocycles. The van der Waals surface area contributed by atoms with Gasteiger partial charge in [0.2, 0.25) is 0 Å². The summed E-state index contributed by atoms with van der Waals surface area (Å²) in [4.78, 5) is 12.5. The molecule has 0 saturated heterocycles. The summed E-state index contributed by atoms with van der Waals surface area (Å²) in [5.74, 6) is -0.154. The summed E-state index contributed by atoms with van der Waals surface area (Å²) >= 11 is 0. The van der Waals surface area contributed by atoms with E-state index in [-0.39, 0.29) is 16.9 Å². The van der Waals surface area contributed by atoms with E-state index in [1.807, 2.05) is 27.7 Å². The highest BCUT2D eigenvalue weighted by molar-refractivity contribution is 5.98. The molecule has 0 aliphatic carbocycles. The molecule has 5 nitrogen and oxygen atoms in total. The van der Waals surface area contributed by atoms with Crippen LogP contribution in [0.4, 0.5) is 5.69 Å². The van der Waals surface area contributed by atoms with E-state index in [1.165, 1.54) is 0 Å². The summed E-state index contributed by atoms with van der Waals surface area (Å²) in [6, 6.07) is 0. The van der Waals surface area contributed by atoms with E-state index in [4.69, 9.17) is 5.73 Å². The predicted octanol–water partition coefficient (Wildman–Crippen LogP) is 2.74. The van der Waals surface area contributed by atoms with Gasteiger partial charge in [0.1, 0.15) is 5.69 Å². The molecule has 3 N–H and O–H groups in total.